The highest BCUT2D eigenvalue weighted by atomic mass is 16.3. The number of carbonyl (C=O) groups is 2. The number of furan rings is 1. The molecule has 1 fully saturated rings. The lowest BCUT2D eigenvalue weighted by molar-refractivity contribution is 0.0631. The fraction of sp³-hybridized carbons (Fsp3) is 0.391. The Hall–Kier alpha value is -2.86. The van der Waals surface area contributed by atoms with Crippen LogP contribution in [-0.4, -0.2) is 52.9 Å². The summed E-state index contributed by atoms with van der Waals surface area (Å²) in [6.07, 6.45) is 3.62. The van der Waals surface area contributed by atoms with Crippen molar-refractivity contribution in [3.8, 4) is 5.75 Å². The van der Waals surface area contributed by atoms with E-state index >= 15 is 0 Å². The number of imide groups is 1. The number of nitrogens with zero attached hydrogens (tertiary/aromatic N) is 2. The molecule has 0 spiro atoms. The topological polar surface area (TPSA) is 74.0 Å². The summed E-state index contributed by atoms with van der Waals surface area (Å²) in [6.45, 7) is 6.92. The predicted octanol–water partition coefficient (Wildman–Crippen LogP) is 3.99. The molecule has 2 amide bonds. The number of hydrogen-bond acceptors (Lipinski definition) is 5. The molecule has 0 saturated carbocycles. The first-order valence-corrected chi connectivity index (χ1v) is 10.2. The Kier molecular flexibility index (Phi) is 4.13. The van der Waals surface area contributed by atoms with E-state index in [1.54, 1.807) is 18.2 Å². The van der Waals surface area contributed by atoms with Gasteiger partial charge in [0.15, 0.2) is 0 Å². The zero-order chi connectivity index (χ0) is 20.3. The molecule has 0 atom stereocenters. The highest BCUT2D eigenvalue weighted by molar-refractivity contribution is 6.26. The van der Waals surface area contributed by atoms with E-state index in [0.717, 1.165) is 36.0 Å². The van der Waals surface area contributed by atoms with E-state index in [1.165, 1.54) is 24.2 Å². The lowest BCUT2D eigenvalue weighted by Gasteiger charge is -2.27. The van der Waals surface area contributed by atoms with Crippen LogP contribution in [0.2, 0.25) is 0 Å². The summed E-state index contributed by atoms with van der Waals surface area (Å²) >= 11 is 0. The van der Waals surface area contributed by atoms with Crippen LogP contribution in [0.4, 0.5) is 0 Å². The first-order valence-electron chi connectivity index (χ1n) is 10.2. The first-order chi connectivity index (χ1) is 14.0. The number of aromatic hydroxyl groups is 1. The molecule has 150 valence electrons. The number of phenolic OH excluding ortho intramolecular Hbond substituents is 1. The van der Waals surface area contributed by atoms with Gasteiger partial charge < -0.3 is 14.4 Å². The monoisotopic (exact) mass is 392 g/mol. The number of benzene rings is 2. The molecule has 6 heteroatoms. The summed E-state index contributed by atoms with van der Waals surface area (Å²) in [5.41, 5.74) is 3.58. The maximum absolute atomic E-state index is 13.2. The van der Waals surface area contributed by atoms with Gasteiger partial charge in [0.2, 0.25) is 0 Å². The summed E-state index contributed by atoms with van der Waals surface area (Å²) in [4.78, 5) is 30.1. The van der Waals surface area contributed by atoms with Gasteiger partial charge in [-0.3, -0.25) is 14.5 Å². The van der Waals surface area contributed by atoms with Crippen LogP contribution in [0.5, 0.6) is 5.75 Å². The molecule has 3 heterocycles. The summed E-state index contributed by atoms with van der Waals surface area (Å²) in [7, 11) is 0. The van der Waals surface area contributed by atoms with Crippen molar-refractivity contribution in [2.75, 3.05) is 26.2 Å². The molecule has 2 aromatic carbocycles. The third-order valence-corrected chi connectivity index (χ3v) is 6.40. The Morgan fingerprint density at radius 2 is 1.66 bits per heavy atom. The van der Waals surface area contributed by atoms with E-state index in [9.17, 15) is 14.7 Å². The van der Waals surface area contributed by atoms with Crippen LogP contribution < -0.4 is 0 Å². The standard InChI is InChI=1S/C23H24N2O4/c1-13-18-16-7-6-15(26)12-17(16)29-21(18)14(2)20-19(13)22(27)25(23(20)28)11-10-24-8-4-3-5-9-24/h6-7,12,26H,3-5,8-11H2,1-2H3. The third-order valence-electron chi connectivity index (χ3n) is 6.40. The number of carbonyl (C=O) groups excluding carboxylic acids is 2. The van der Waals surface area contributed by atoms with Crippen molar-refractivity contribution in [3.63, 3.8) is 0 Å². The number of fused-ring (bicyclic) bond motifs is 4. The van der Waals surface area contributed by atoms with Crippen LogP contribution >= 0.6 is 0 Å². The molecule has 0 aliphatic carbocycles. The SMILES string of the molecule is Cc1c2c(c(C)c3c1oc1cc(O)ccc13)C(=O)N(CCN1CCCCC1)C2=O. The Bertz CT molecular complexity index is 1170. The molecule has 6 nitrogen and oxygen atoms in total. The molecule has 0 unspecified atom stereocenters. The summed E-state index contributed by atoms with van der Waals surface area (Å²) < 4.78 is 5.99. The molecular formula is C23H24N2O4. The minimum Gasteiger partial charge on any atom is -0.508 e. The van der Waals surface area contributed by atoms with Crippen LogP contribution in [0.3, 0.4) is 0 Å². The molecule has 1 saturated heterocycles. The summed E-state index contributed by atoms with van der Waals surface area (Å²) in [6, 6.07) is 4.97. The van der Waals surface area contributed by atoms with Gasteiger partial charge in [0.05, 0.1) is 11.1 Å². The minimum atomic E-state index is -0.229. The fourth-order valence-electron chi connectivity index (χ4n) is 4.86. The zero-order valence-electron chi connectivity index (χ0n) is 16.7. The van der Waals surface area contributed by atoms with E-state index in [0.29, 0.717) is 34.4 Å². The normalized spacial score (nSPS) is 17.7. The largest absolute Gasteiger partial charge is 0.508 e. The number of piperidine rings is 1. The number of rotatable bonds is 3. The summed E-state index contributed by atoms with van der Waals surface area (Å²) in [5.74, 6) is -0.319. The van der Waals surface area contributed by atoms with Crippen LogP contribution in [0.15, 0.2) is 22.6 Å². The van der Waals surface area contributed by atoms with Crippen molar-refractivity contribution in [2.45, 2.75) is 33.1 Å². The van der Waals surface area contributed by atoms with Gasteiger partial charge in [0.1, 0.15) is 16.9 Å². The Labute approximate surface area is 168 Å². The molecule has 29 heavy (non-hydrogen) atoms. The average Bonchev–Trinajstić information content (AvgIpc) is 3.21. The van der Waals surface area contributed by atoms with Gasteiger partial charge in [-0.25, -0.2) is 0 Å². The molecule has 1 aromatic heterocycles. The van der Waals surface area contributed by atoms with E-state index in [1.807, 2.05) is 13.8 Å². The second-order valence-electron chi connectivity index (χ2n) is 8.15. The zero-order valence-corrected chi connectivity index (χ0v) is 16.7. The fourth-order valence-corrected chi connectivity index (χ4v) is 4.86. The van der Waals surface area contributed by atoms with Gasteiger partial charge in [-0.2, -0.15) is 0 Å². The second-order valence-corrected chi connectivity index (χ2v) is 8.15. The van der Waals surface area contributed by atoms with Gasteiger partial charge in [0, 0.05) is 35.5 Å². The van der Waals surface area contributed by atoms with E-state index in [-0.39, 0.29) is 17.6 Å². The minimum absolute atomic E-state index is 0.121. The van der Waals surface area contributed by atoms with Crippen LogP contribution in [0.25, 0.3) is 21.9 Å². The number of aryl methyl sites for hydroxylation is 2. The van der Waals surface area contributed by atoms with E-state index in [4.69, 9.17) is 4.42 Å². The lowest BCUT2D eigenvalue weighted by Crippen LogP contribution is -2.40. The maximum Gasteiger partial charge on any atom is 0.262 e. The van der Waals surface area contributed by atoms with Crippen molar-refractivity contribution in [1.29, 1.82) is 0 Å². The quantitative estimate of drug-likeness (QED) is 0.682. The molecule has 3 aromatic rings. The Morgan fingerprint density at radius 1 is 0.966 bits per heavy atom. The van der Waals surface area contributed by atoms with Gasteiger partial charge in [-0.1, -0.05) is 6.42 Å². The van der Waals surface area contributed by atoms with Crippen molar-refractivity contribution in [3.05, 3.63) is 40.5 Å². The smallest absolute Gasteiger partial charge is 0.262 e. The maximum atomic E-state index is 13.2. The Morgan fingerprint density at radius 3 is 2.38 bits per heavy atom. The molecule has 5 rings (SSSR count). The number of amides is 2. The molecule has 0 radical (unpaired) electrons. The van der Waals surface area contributed by atoms with Crippen molar-refractivity contribution in [1.82, 2.24) is 9.80 Å². The van der Waals surface area contributed by atoms with E-state index in [2.05, 4.69) is 4.90 Å². The molecule has 2 aliphatic heterocycles. The van der Waals surface area contributed by atoms with Gasteiger partial charge in [-0.05, 0) is 57.5 Å². The number of likely N-dealkylation sites (tertiary alicyclic amines) is 1. The molecule has 0 bridgehead atoms. The first kappa shape index (κ1) is 18.2. The third kappa shape index (κ3) is 2.66. The van der Waals surface area contributed by atoms with Crippen LogP contribution in [0.1, 0.15) is 51.1 Å². The summed E-state index contributed by atoms with van der Waals surface area (Å²) in [5, 5.41) is 11.5. The van der Waals surface area contributed by atoms with Gasteiger partial charge in [-0.15, -0.1) is 0 Å². The van der Waals surface area contributed by atoms with Gasteiger partial charge >= 0.3 is 0 Å². The number of phenols is 1. The number of hydrogen-bond donors (Lipinski definition) is 1. The molecule has 1 N–H and O–H groups in total. The second kappa shape index (κ2) is 6.59. The van der Waals surface area contributed by atoms with Gasteiger partial charge in [0.25, 0.3) is 11.8 Å². The lowest BCUT2D eigenvalue weighted by atomic mass is 9.94. The molecular weight excluding hydrogens is 368 g/mol. The highest BCUT2D eigenvalue weighted by Crippen LogP contribution is 2.41. The predicted molar refractivity (Wildman–Crippen MR) is 111 cm³/mol. The average molecular weight is 392 g/mol. The Balaban J connectivity index is 1.58. The van der Waals surface area contributed by atoms with Crippen LogP contribution in [-0.2, 0) is 0 Å². The van der Waals surface area contributed by atoms with Crippen LogP contribution in [0, 0.1) is 13.8 Å². The highest BCUT2D eigenvalue weighted by Gasteiger charge is 2.40. The van der Waals surface area contributed by atoms with Crippen molar-refractivity contribution in [2.24, 2.45) is 0 Å². The van der Waals surface area contributed by atoms with Crippen molar-refractivity contribution >= 4 is 33.8 Å². The van der Waals surface area contributed by atoms with Crippen molar-refractivity contribution < 1.29 is 19.1 Å². The molecule has 2 aliphatic rings. The van der Waals surface area contributed by atoms with E-state index < -0.39 is 0 Å².